The number of nitrogens with zero attached hydrogens (tertiary/aromatic N) is 1. The van der Waals surface area contributed by atoms with E-state index in [1.165, 1.54) is 11.1 Å². The first-order valence-electron chi connectivity index (χ1n) is 20.2. The standard InChI is InChI=1S/C49H52N2O6S/c1-9-12-43-39-19-16-36-35-15-14-34(31(7)28(4)10-2)44-40(48(52)29(5)11-3)20-17-37(45(35)44)38-18-21-41(47(39)46(36)38)49(53)51(43)42-22-13-33(27-30(42)6)32(8)50-23-24-57-25-26-58(54,55)56/h12-22,27,29,50H,8-11,23-26H2,1-7H3,(H,54,55,56)/b31-28+,43-12-/t29-/m1/s1. The maximum atomic E-state index is 14.9. The van der Waals surface area contributed by atoms with Crippen molar-refractivity contribution in [1.29, 1.82) is 0 Å². The van der Waals surface area contributed by atoms with E-state index >= 15 is 0 Å². The number of fused-ring (bicyclic) bond motifs is 2. The molecule has 0 fully saturated rings. The number of aryl methyl sites for hydroxylation is 1. The Morgan fingerprint density at radius 3 is 2.03 bits per heavy atom. The molecule has 1 heterocycles. The topological polar surface area (TPSA) is 115 Å². The van der Waals surface area contributed by atoms with Crippen molar-refractivity contribution >= 4 is 87.1 Å². The Bertz CT molecular complexity index is 3030. The number of hydrogen-bond donors (Lipinski definition) is 2. The van der Waals surface area contributed by atoms with Gasteiger partial charge in [0.15, 0.2) is 5.78 Å². The van der Waals surface area contributed by atoms with Crippen molar-refractivity contribution in [2.45, 2.75) is 67.7 Å². The highest BCUT2D eigenvalue weighted by Gasteiger charge is 2.25. The van der Waals surface area contributed by atoms with Gasteiger partial charge in [0, 0.05) is 45.3 Å². The van der Waals surface area contributed by atoms with Gasteiger partial charge < -0.3 is 10.1 Å². The predicted molar refractivity (Wildman–Crippen MR) is 242 cm³/mol. The predicted octanol–water partition coefficient (Wildman–Crippen LogP) is 10.2. The van der Waals surface area contributed by atoms with E-state index in [-0.39, 0.29) is 30.5 Å². The molecule has 0 radical (unpaired) electrons. The summed E-state index contributed by atoms with van der Waals surface area (Å²) in [5, 5.41) is 14.1. The number of pyridine rings is 1. The number of carbonyl (C=O) groups is 1. The van der Waals surface area contributed by atoms with Crippen molar-refractivity contribution in [2.24, 2.45) is 5.92 Å². The molecule has 0 saturated carbocycles. The molecule has 0 amide bonds. The van der Waals surface area contributed by atoms with E-state index in [0.29, 0.717) is 17.6 Å². The number of benzene rings is 6. The normalized spacial score (nSPS) is 13.7. The first-order valence-corrected chi connectivity index (χ1v) is 21.9. The largest absolute Gasteiger partial charge is 0.383 e. The van der Waals surface area contributed by atoms with Gasteiger partial charge in [-0.1, -0.05) is 94.5 Å². The lowest BCUT2D eigenvalue weighted by molar-refractivity contribution is 0.0929. The summed E-state index contributed by atoms with van der Waals surface area (Å²) in [7, 11) is -4.07. The van der Waals surface area contributed by atoms with Gasteiger partial charge in [-0.15, -0.1) is 0 Å². The lowest BCUT2D eigenvalue weighted by atomic mass is 9.82. The second-order valence-electron chi connectivity index (χ2n) is 15.5. The molecule has 0 aliphatic heterocycles. The average Bonchev–Trinajstić information content (AvgIpc) is 3.21. The minimum atomic E-state index is -4.07. The fraction of sp³-hybridized carbons (Fsp3) is 0.306. The summed E-state index contributed by atoms with van der Waals surface area (Å²) in [6, 6.07) is 22.9. The number of nitrogens with one attached hydrogen (secondary N) is 1. The molecule has 0 bridgehead atoms. The van der Waals surface area contributed by atoms with E-state index in [0.717, 1.165) is 101 Å². The van der Waals surface area contributed by atoms with Crippen LogP contribution >= 0.6 is 0 Å². The third-order valence-electron chi connectivity index (χ3n) is 12.0. The highest BCUT2D eigenvalue weighted by molar-refractivity contribution is 7.85. The van der Waals surface area contributed by atoms with Gasteiger partial charge in [0.25, 0.3) is 15.7 Å². The van der Waals surface area contributed by atoms with Crippen LogP contribution in [0, 0.1) is 12.8 Å². The average molecular weight is 797 g/mol. The SMILES string of the molecule is C=C(NCCOCCS(=O)(=O)O)c1ccc(-n2c(=O)c3ccc4c5ccc(C(=O)[C@H](C)CC)c6c(/C(C)=C(\C)CC)ccc(c7ccc(/c2=C/CC)c3c47)c65)c(C)c1. The Morgan fingerprint density at radius 2 is 1.43 bits per heavy atom. The van der Waals surface area contributed by atoms with Crippen LogP contribution in [0.4, 0.5) is 0 Å². The molecule has 0 unspecified atom stereocenters. The van der Waals surface area contributed by atoms with Crippen LogP contribution in [0.15, 0.2) is 83.7 Å². The third-order valence-corrected chi connectivity index (χ3v) is 12.7. The Kier molecular flexibility index (Phi) is 11.4. The first kappa shape index (κ1) is 40.8. The van der Waals surface area contributed by atoms with Crippen LogP contribution in [-0.4, -0.2) is 48.8 Å². The zero-order valence-electron chi connectivity index (χ0n) is 34.5. The van der Waals surface area contributed by atoms with Gasteiger partial charge in [0.1, 0.15) is 0 Å². The maximum absolute atomic E-state index is 14.9. The highest BCUT2D eigenvalue weighted by Crippen LogP contribution is 2.45. The smallest absolute Gasteiger partial charge is 0.267 e. The van der Waals surface area contributed by atoms with E-state index in [2.05, 4.69) is 89.0 Å². The number of ether oxygens (including phenoxy) is 1. The minimum Gasteiger partial charge on any atom is -0.383 e. The Hall–Kier alpha value is -5.35. The molecule has 1 atom stereocenters. The molecule has 2 N–H and O–H groups in total. The molecule has 1 aromatic heterocycles. The monoisotopic (exact) mass is 796 g/mol. The second kappa shape index (κ2) is 16.1. The highest BCUT2D eigenvalue weighted by atomic mass is 32.2. The summed E-state index contributed by atoms with van der Waals surface area (Å²) in [6.07, 6.45) is 4.55. The quantitative estimate of drug-likeness (QED) is 0.0349. The van der Waals surface area contributed by atoms with Crippen molar-refractivity contribution in [2.75, 3.05) is 25.5 Å². The molecule has 6 aromatic carbocycles. The first-order chi connectivity index (χ1) is 27.7. The zero-order valence-corrected chi connectivity index (χ0v) is 35.3. The van der Waals surface area contributed by atoms with Gasteiger partial charge in [-0.05, 0) is 113 Å². The number of aromatic nitrogens is 1. The number of allylic oxidation sites excluding steroid dienone is 2. The van der Waals surface area contributed by atoms with Gasteiger partial charge in [0.2, 0.25) is 0 Å². The number of Topliss-reactive ketones (excluding diaryl/α,β-unsaturated/α-hetero) is 1. The van der Waals surface area contributed by atoms with Crippen LogP contribution in [0.5, 0.6) is 0 Å². The molecule has 0 aliphatic rings. The van der Waals surface area contributed by atoms with Crippen LogP contribution in [0.25, 0.3) is 76.9 Å². The summed E-state index contributed by atoms with van der Waals surface area (Å²) in [5.74, 6) is -0.392. The minimum absolute atomic E-state index is 0.0951. The third kappa shape index (κ3) is 7.10. The Morgan fingerprint density at radius 1 is 0.845 bits per heavy atom. The van der Waals surface area contributed by atoms with Crippen LogP contribution in [-0.2, 0) is 14.9 Å². The van der Waals surface area contributed by atoms with Crippen molar-refractivity contribution in [3.8, 4) is 5.69 Å². The molecule has 300 valence electrons. The van der Waals surface area contributed by atoms with Crippen LogP contribution < -0.4 is 16.2 Å². The molecular weight excluding hydrogens is 745 g/mol. The summed E-state index contributed by atoms with van der Waals surface area (Å²) in [4.78, 5) is 28.9. The molecule has 0 saturated heterocycles. The van der Waals surface area contributed by atoms with Gasteiger partial charge in [0.05, 0.1) is 30.0 Å². The molecule has 9 heteroatoms. The van der Waals surface area contributed by atoms with E-state index in [1.807, 2.05) is 48.7 Å². The van der Waals surface area contributed by atoms with E-state index in [9.17, 15) is 18.0 Å². The number of ketones is 1. The van der Waals surface area contributed by atoms with Crippen LogP contribution in [0.2, 0.25) is 0 Å². The summed E-state index contributed by atoms with van der Waals surface area (Å²) in [6.45, 7) is 19.4. The van der Waals surface area contributed by atoms with Gasteiger partial charge in [-0.3, -0.25) is 18.7 Å². The number of hydrogen-bond acceptors (Lipinski definition) is 6. The fourth-order valence-electron chi connectivity index (χ4n) is 8.46. The molecule has 0 spiro atoms. The lowest BCUT2D eigenvalue weighted by Crippen LogP contribution is -2.33. The van der Waals surface area contributed by atoms with Crippen LogP contribution in [0.3, 0.4) is 0 Å². The molecule has 7 aromatic rings. The van der Waals surface area contributed by atoms with Crippen molar-refractivity contribution in [3.63, 3.8) is 0 Å². The van der Waals surface area contributed by atoms with Crippen molar-refractivity contribution < 1.29 is 22.5 Å². The number of rotatable bonds is 15. The Labute approximate surface area is 340 Å². The molecule has 58 heavy (non-hydrogen) atoms. The van der Waals surface area contributed by atoms with Crippen molar-refractivity contribution in [1.82, 2.24) is 9.88 Å². The maximum Gasteiger partial charge on any atom is 0.267 e. The lowest BCUT2D eigenvalue weighted by Gasteiger charge is -2.22. The van der Waals surface area contributed by atoms with E-state index in [4.69, 9.17) is 9.29 Å². The molecular formula is C49H52N2O6S. The van der Waals surface area contributed by atoms with Gasteiger partial charge >= 0.3 is 0 Å². The Balaban J connectivity index is 1.41. The summed E-state index contributed by atoms with van der Waals surface area (Å²) >= 11 is 0. The zero-order chi connectivity index (χ0) is 41.6. The second-order valence-corrected chi connectivity index (χ2v) is 17.1. The van der Waals surface area contributed by atoms with Gasteiger partial charge in [-0.2, -0.15) is 8.42 Å². The molecule has 0 aliphatic carbocycles. The van der Waals surface area contributed by atoms with Crippen molar-refractivity contribution in [3.05, 3.63) is 117 Å². The van der Waals surface area contributed by atoms with E-state index < -0.39 is 15.9 Å². The summed E-state index contributed by atoms with van der Waals surface area (Å²) in [5.41, 5.74) is 7.46. The van der Waals surface area contributed by atoms with Gasteiger partial charge in [-0.25, -0.2) is 0 Å². The molecule has 7 rings (SSSR count). The fourth-order valence-corrected chi connectivity index (χ4v) is 8.79. The van der Waals surface area contributed by atoms with Crippen LogP contribution in [0.1, 0.15) is 87.9 Å². The summed E-state index contributed by atoms with van der Waals surface area (Å²) < 4.78 is 37.9. The van der Waals surface area contributed by atoms with E-state index in [1.54, 1.807) is 0 Å². The molecule has 8 nitrogen and oxygen atoms in total. The number of carbonyl (C=O) groups excluding carboxylic acids is 1.